The number of aromatic nitrogens is 2. The average molecular weight is 361 g/mol. The van der Waals surface area contributed by atoms with Gasteiger partial charge in [-0.25, -0.2) is 14.4 Å². The lowest BCUT2D eigenvalue weighted by Crippen LogP contribution is -2.17. The molecule has 1 amide bonds. The summed E-state index contributed by atoms with van der Waals surface area (Å²) < 4.78 is 13.5. The van der Waals surface area contributed by atoms with E-state index in [0.717, 1.165) is 34.5 Å². The van der Waals surface area contributed by atoms with Gasteiger partial charge < -0.3 is 5.32 Å². The predicted molar refractivity (Wildman–Crippen MR) is 103 cm³/mol. The highest BCUT2D eigenvalue weighted by molar-refractivity contribution is 5.90. The third-order valence-electron chi connectivity index (χ3n) is 4.84. The maximum atomic E-state index is 13.5. The summed E-state index contributed by atoms with van der Waals surface area (Å²) in [6, 6.07) is 14.7. The number of carbonyl (C=O) groups is 1. The van der Waals surface area contributed by atoms with E-state index < -0.39 is 0 Å². The first kappa shape index (κ1) is 17.3. The molecule has 1 aliphatic carbocycles. The minimum atomic E-state index is -0.232. The Morgan fingerprint density at radius 2 is 1.93 bits per heavy atom. The number of nitrogens with zero attached hydrogens (tertiary/aromatic N) is 2. The largest absolute Gasteiger partial charge is 0.309 e. The first-order chi connectivity index (χ1) is 13.1. The molecule has 0 saturated heterocycles. The zero-order valence-electron chi connectivity index (χ0n) is 15.1. The van der Waals surface area contributed by atoms with Crippen molar-refractivity contribution < 1.29 is 9.18 Å². The van der Waals surface area contributed by atoms with Crippen LogP contribution in [0.3, 0.4) is 0 Å². The first-order valence-electron chi connectivity index (χ1n) is 9.10. The topological polar surface area (TPSA) is 54.9 Å². The molecule has 3 aromatic rings. The zero-order chi connectivity index (χ0) is 18.8. The molecular formula is C22H20FN3O. The van der Waals surface area contributed by atoms with E-state index in [0.29, 0.717) is 30.8 Å². The molecule has 1 heterocycles. The van der Waals surface area contributed by atoms with Gasteiger partial charge in [0.2, 0.25) is 5.91 Å². The number of amides is 1. The van der Waals surface area contributed by atoms with Gasteiger partial charge in [0.15, 0.2) is 5.82 Å². The average Bonchev–Trinajstić information content (AvgIpc) is 2.67. The summed E-state index contributed by atoms with van der Waals surface area (Å²) in [4.78, 5) is 21.6. The van der Waals surface area contributed by atoms with Crippen LogP contribution in [0.25, 0.3) is 11.3 Å². The second kappa shape index (κ2) is 7.27. The Bertz CT molecular complexity index is 1000. The Morgan fingerprint density at radius 1 is 1.11 bits per heavy atom. The van der Waals surface area contributed by atoms with Gasteiger partial charge in [0.1, 0.15) is 5.82 Å². The zero-order valence-corrected chi connectivity index (χ0v) is 15.1. The molecule has 0 unspecified atom stereocenters. The van der Waals surface area contributed by atoms with Gasteiger partial charge in [0.05, 0.1) is 17.1 Å². The van der Waals surface area contributed by atoms with Gasteiger partial charge in [-0.1, -0.05) is 30.3 Å². The lowest BCUT2D eigenvalue weighted by atomic mass is 9.91. The van der Waals surface area contributed by atoms with E-state index in [1.165, 1.54) is 6.07 Å². The normalized spacial score (nSPS) is 12.2. The number of benzene rings is 2. The molecule has 0 spiro atoms. The Kier molecular flexibility index (Phi) is 4.67. The smallest absolute Gasteiger partial charge is 0.225 e. The fourth-order valence-electron chi connectivity index (χ4n) is 3.41. The monoisotopic (exact) mass is 361 g/mol. The van der Waals surface area contributed by atoms with Crippen molar-refractivity contribution in [3.8, 4) is 11.3 Å². The SMILES string of the molecule is Cc1nc2c(nc1NC(=O)CCc1ccccc1)CCc1cc(F)ccc1-2. The van der Waals surface area contributed by atoms with Gasteiger partial charge in [0.25, 0.3) is 0 Å². The van der Waals surface area contributed by atoms with Crippen LogP contribution in [-0.4, -0.2) is 15.9 Å². The molecule has 4 nitrogen and oxygen atoms in total. The van der Waals surface area contributed by atoms with E-state index in [1.807, 2.05) is 37.3 Å². The molecule has 2 aromatic carbocycles. The van der Waals surface area contributed by atoms with Crippen molar-refractivity contribution >= 4 is 11.7 Å². The van der Waals surface area contributed by atoms with Gasteiger partial charge in [-0.3, -0.25) is 4.79 Å². The standard InChI is InChI=1S/C22H20FN3O/c1-14-22(26-20(27)12-7-15-5-3-2-4-6-15)25-19-11-8-16-13-17(23)9-10-18(16)21(19)24-14/h2-6,9-10,13H,7-8,11-12H2,1H3,(H,25,26,27). The van der Waals surface area contributed by atoms with Crippen LogP contribution < -0.4 is 5.32 Å². The molecule has 1 N–H and O–H groups in total. The molecule has 1 aliphatic rings. The molecule has 5 heteroatoms. The third-order valence-corrected chi connectivity index (χ3v) is 4.84. The summed E-state index contributed by atoms with van der Waals surface area (Å²) in [6.45, 7) is 1.83. The minimum absolute atomic E-state index is 0.0746. The Hall–Kier alpha value is -3.08. The van der Waals surface area contributed by atoms with Crippen molar-refractivity contribution in [2.24, 2.45) is 0 Å². The lowest BCUT2D eigenvalue weighted by molar-refractivity contribution is -0.116. The highest BCUT2D eigenvalue weighted by Gasteiger charge is 2.21. The highest BCUT2D eigenvalue weighted by atomic mass is 19.1. The number of hydrogen-bond acceptors (Lipinski definition) is 3. The number of nitrogens with one attached hydrogen (secondary N) is 1. The molecule has 27 heavy (non-hydrogen) atoms. The van der Waals surface area contributed by atoms with Crippen molar-refractivity contribution in [3.05, 3.63) is 76.9 Å². The summed E-state index contributed by atoms with van der Waals surface area (Å²) in [5, 5.41) is 2.89. The number of fused-ring (bicyclic) bond motifs is 3. The van der Waals surface area contributed by atoms with Crippen LogP contribution in [0.4, 0.5) is 10.2 Å². The first-order valence-corrected chi connectivity index (χ1v) is 9.10. The van der Waals surface area contributed by atoms with Crippen LogP contribution in [0, 0.1) is 12.7 Å². The molecule has 0 fully saturated rings. The summed E-state index contributed by atoms with van der Waals surface area (Å²) in [6.07, 6.45) is 2.48. The van der Waals surface area contributed by atoms with Crippen LogP contribution in [-0.2, 0) is 24.1 Å². The number of hydrogen-bond donors (Lipinski definition) is 1. The van der Waals surface area contributed by atoms with Crippen molar-refractivity contribution in [2.75, 3.05) is 5.32 Å². The Labute approximate surface area is 157 Å². The quantitative estimate of drug-likeness (QED) is 0.755. The van der Waals surface area contributed by atoms with E-state index in [2.05, 4.69) is 15.3 Å². The summed E-state index contributed by atoms with van der Waals surface area (Å²) >= 11 is 0. The molecule has 0 radical (unpaired) electrons. The molecule has 0 saturated carbocycles. The van der Waals surface area contributed by atoms with E-state index in [4.69, 9.17) is 0 Å². The predicted octanol–water partition coefficient (Wildman–Crippen LogP) is 4.26. The molecule has 0 atom stereocenters. The van der Waals surface area contributed by atoms with Crippen molar-refractivity contribution in [1.29, 1.82) is 0 Å². The number of rotatable bonds is 4. The molecule has 1 aromatic heterocycles. The number of carbonyl (C=O) groups excluding carboxylic acids is 1. The van der Waals surface area contributed by atoms with Crippen LogP contribution in [0.15, 0.2) is 48.5 Å². The van der Waals surface area contributed by atoms with Crippen LogP contribution >= 0.6 is 0 Å². The number of anilines is 1. The van der Waals surface area contributed by atoms with Crippen molar-refractivity contribution in [1.82, 2.24) is 9.97 Å². The second-order valence-electron chi connectivity index (χ2n) is 6.79. The molecule has 0 aliphatic heterocycles. The number of halogens is 1. The van der Waals surface area contributed by atoms with E-state index >= 15 is 0 Å². The maximum Gasteiger partial charge on any atom is 0.225 e. The highest BCUT2D eigenvalue weighted by Crippen LogP contribution is 2.32. The second-order valence-corrected chi connectivity index (χ2v) is 6.79. The Morgan fingerprint density at radius 3 is 2.74 bits per heavy atom. The molecule has 136 valence electrons. The van der Waals surface area contributed by atoms with E-state index in [1.54, 1.807) is 12.1 Å². The molecule has 0 bridgehead atoms. The van der Waals surface area contributed by atoms with Gasteiger partial charge in [-0.15, -0.1) is 0 Å². The lowest BCUT2D eigenvalue weighted by Gasteiger charge is -2.20. The van der Waals surface area contributed by atoms with Crippen LogP contribution in [0.1, 0.15) is 28.9 Å². The summed E-state index contributed by atoms with van der Waals surface area (Å²) in [5.74, 6) is 0.205. The van der Waals surface area contributed by atoms with Gasteiger partial charge in [-0.2, -0.15) is 0 Å². The van der Waals surface area contributed by atoms with Crippen LogP contribution in [0.5, 0.6) is 0 Å². The molecule has 4 rings (SSSR count). The van der Waals surface area contributed by atoms with Crippen LogP contribution in [0.2, 0.25) is 0 Å². The molecular weight excluding hydrogens is 341 g/mol. The maximum absolute atomic E-state index is 13.5. The fraction of sp³-hybridized carbons (Fsp3) is 0.227. The summed E-state index contributed by atoms with van der Waals surface area (Å²) in [7, 11) is 0. The van der Waals surface area contributed by atoms with Gasteiger partial charge >= 0.3 is 0 Å². The summed E-state index contributed by atoms with van der Waals surface area (Å²) in [5.41, 5.74) is 5.31. The van der Waals surface area contributed by atoms with E-state index in [9.17, 15) is 9.18 Å². The Balaban J connectivity index is 1.52. The third kappa shape index (κ3) is 3.72. The minimum Gasteiger partial charge on any atom is -0.309 e. The van der Waals surface area contributed by atoms with Crippen molar-refractivity contribution in [2.45, 2.75) is 32.6 Å². The van der Waals surface area contributed by atoms with E-state index in [-0.39, 0.29) is 11.7 Å². The van der Waals surface area contributed by atoms with Gasteiger partial charge in [0, 0.05) is 12.0 Å². The fourth-order valence-corrected chi connectivity index (χ4v) is 3.41. The van der Waals surface area contributed by atoms with Crippen molar-refractivity contribution in [3.63, 3.8) is 0 Å². The van der Waals surface area contributed by atoms with Gasteiger partial charge in [-0.05, 0) is 55.5 Å². The number of aryl methyl sites for hydroxylation is 4.